The zero-order chi connectivity index (χ0) is 14.7. The molecule has 1 fully saturated rings. The van der Waals surface area contributed by atoms with Crippen LogP contribution in [0, 0.1) is 6.92 Å². The van der Waals surface area contributed by atoms with Crippen LogP contribution < -0.4 is 10.2 Å². The lowest BCUT2D eigenvalue weighted by atomic mass is 10.1. The fourth-order valence-corrected chi connectivity index (χ4v) is 2.34. The molecule has 7 heteroatoms. The standard InChI is InChI=1S/C14H17N5O2/c1-10-9-13(21-18-10)15-14(20)11-5-6-12(17-16-11)19-7-3-2-4-8-19/h5-6,9H,2-4,7-8H2,1H3,(H,15,20). The largest absolute Gasteiger partial charge is 0.355 e. The van der Waals surface area contributed by atoms with E-state index in [2.05, 4.69) is 25.6 Å². The summed E-state index contributed by atoms with van der Waals surface area (Å²) in [7, 11) is 0. The van der Waals surface area contributed by atoms with E-state index in [1.165, 1.54) is 19.3 Å². The van der Waals surface area contributed by atoms with Gasteiger partial charge in [0.1, 0.15) is 0 Å². The third-order valence-corrected chi connectivity index (χ3v) is 3.43. The van der Waals surface area contributed by atoms with Crippen LogP contribution in [-0.2, 0) is 0 Å². The second kappa shape index (κ2) is 5.90. The van der Waals surface area contributed by atoms with Crippen molar-refractivity contribution in [1.29, 1.82) is 0 Å². The van der Waals surface area contributed by atoms with Crippen LogP contribution in [0.1, 0.15) is 35.4 Å². The van der Waals surface area contributed by atoms with Crippen molar-refractivity contribution in [2.24, 2.45) is 0 Å². The van der Waals surface area contributed by atoms with Crippen molar-refractivity contribution in [1.82, 2.24) is 15.4 Å². The van der Waals surface area contributed by atoms with Crippen LogP contribution in [0.15, 0.2) is 22.7 Å². The van der Waals surface area contributed by atoms with Gasteiger partial charge in [0.25, 0.3) is 5.91 Å². The fourth-order valence-electron chi connectivity index (χ4n) is 2.34. The molecule has 3 rings (SSSR count). The average molecular weight is 287 g/mol. The van der Waals surface area contributed by atoms with Gasteiger partial charge in [0, 0.05) is 19.2 Å². The van der Waals surface area contributed by atoms with E-state index in [-0.39, 0.29) is 11.6 Å². The molecule has 110 valence electrons. The van der Waals surface area contributed by atoms with Crippen LogP contribution in [0.2, 0.25) is 0 Å². The first-order chi connectivity index (χ1) is 10.2. The summed E-state index contributed by atoms with van der Waals surface area (Å²) >= 11 is 0. The van der Waals surface area contributed by atoms with Gasteiger partial charge in [-0.3, -0.25) is 10.1 Å². The molecule has 0 aromatic carbocycles. The van der Waals surface area contributed by atoms with E-state index in [1.54, 1.807) is 19.1 Å². The zero-order valence-corrected chi connectivity index (χ0v) is 11.9. The Hall–Kier alpha value is -2.44. The van der Waals surface area contributed by atoms with Crippen molar-refractivity contribution in [2.45, 2.75) is 26.2 Å². The van der Waals surface area contributed by atoms with Gasteiger partial charge in [-0.2, -0.15) is 0 Å². The molecule has 0 aliphatic carbocycles. The summed E-state index contributed by atoms with van der Waals surface area (Å²) in [5.74, 6) is 0.769. The van der Waals surface area contributed by atoms with Crippen molar-refractivity contribution >= 4 is 17.6 Å². The number of piperidine rings is 1. The van der Waals surface area contributed by atoms with Crippen LogP contribution in [0.4, 0.5) is 11.7 Å². The van der Waals surface area contributed by atoms with E-state index < -0.39 is 0 Å². The van der Waals surface area contributed by atoms with E-state index >= 15 is 0 Å². The van der Waals surface area contributed by atoms with Gasteiger partial charge < -0.3 is 9.42 Å². The molecule has 0 spiro atoms. The highest BCUT2D eigenvalue weighted by atomic mass is 16.5. The van der Waals surface area contributed by atoms with Crippen molar-refractivity contribution in [3.63, 3.8) is 0 Å². The van der Waals surface area contributed by atoms with Crippen LogP contribution >= 0.6 is 0 Å². The maximum absolute atomic E-state index is 12.0. The third-order valence-electron chi connectivity index (χ3n) is 3.43. The molecule has 1 aliphatic rings. The maximum atomic E-state index is 12.0. The van der Waals surface area contributed by atoms with Crippen molar-refractivity contribution in [3.8, 4) is 0 Å². The number of aromatic nitrogens is 3. The molecule has 7 nitrogen and oxygen atoms in total. The Balaban J connectivity index is 1.67. The number of carbonyl (C=O) groups is 1. The lowest BCUT2D eigenvalue weighted by molar-refractivity contribution is 0.101. The third kappa shape index (κ3) is 3.18. The predicted octanol–water partition coefficient (Wildman–Crippen LogP) is 2.02. The van der Waals surface area contributed by atoms with Crippen LogP contribution in [0.3, 0.4) is 0 Å². The smallest absolute Gasteiger partial charge is 0.278 e. The van der Waals surface area contributed by atoms with E-state index in [1.807, 2.05) is 6.07 Å². The summed E-state index contributed by atoms with van der Waals surface area (Å²) in [6.45, 7) is 3.78. The summed E-state index contributed by atoms with van der Waals surface area (Å²) in [4.78, 5) is 14.2. The molecule has 0 saturated carbocycles. The molecular formula is C14H17N5O2. The van der Waals surface area contributed by atoms with E-state index in [9.17, 15) is 4.79 Å². The minimum atomic E-state index is -0.358. The highest BCUT2D eigenvalue weighted by molar-refractivity contribution is 6.02. The number of aryl methyl sites for hydroxylation is 1. The van der Waals surface area contributed by atoms with Crippen molar-refractivity contribution in [3.05, 3.63) is 29.6 Å². The van der Waals surface area contributed by atoms with E-state index in [0.29, 0.717) is 11.6 Å². The first-order valence-corrected chi connectivity index (χ1v) is 7.06. The van der Waals surface area contributed by atoms with Gasteiger partial charge in [0.2, 0.25) is 5.88 Å². The van der Waals surface area contributed by atoms with Gasteiger partial charge in [0.15, 0.2) is 11.5 Å². The number of anilines is 2. The molecular weight excluding hydrogens is 270 g/mol. The SMILES string of the molecule is Cc1cc(NC(=O)c2ccc(N3CCCCC3)nn2)on1. The summed E-state index contributed by atoms with van der Waals surface area (Å²) in [6, 6.07) is 5.15. The topological polar surface area (TPSA) is 84.2 Å². The Bertz CT molecular complexity index is 617. The average Bonchev–Trinajstić information content (AvgIpc) is 2.93. The lowest BCUT2D eigenvalue weighted by Crippen LogP contribution is -2.30. The van der Waals surface area contributed by atoms with Gasteiger partial charge in [0.05, 0.1) is 5.69 Å². The number of hydrogen-bond donors (Lipinski definition) is 1. The summed E-state index contributed by atoms with van der Waals surface area (Å²) < 4.78 is 4.94. The number of nitrogens with zero attached hydrogens (tertiary/aromatic N) is 4. The molecule has 0 atom stereocenters. The van der Waals surface area contributed by atoms with Crippen molar-refractivity contribution < 1.29 is 9.32 Å². The Morgan fingerprint density at radius 3 is 2.67 bits per heavy atom. The first kappa shape index (κ1) is 13.5. The number of hydrogen-bond acceptors (Lipinski definition) is 6. The molecule has 3 heterocycles. The maximum Gasteiger partial charge on any atom is 0.278 e. The lowest BCUT2D eigenvalue weighted by Gasteiger charge is -2.27. The minimum Gasteiger partial charge on any atom is -0.355 e. The second-order valence-corrected chi connectivity index (χ2v) is 5.11. The molecule has 0 radical (unpaired) electrons. The number of rotatable bonds is 3. The van der Waals surface area contributed by atoms with E-state index in [4.69, 9.17) is 4.52 Å². The molecule has 1 aliphatic heterocycles. The summed E-state index contributed by atoms with van der Waals surface area (Å²) in [5, 5.41) is 14.4. The highest BCUT2D eigenvalue weighted by Gasteiger charge is 2.15. The van der Waals surface area contributed by atoms with Gasteiger partial charge in [-0.1, -0.05) is 5.16 Å². The molecule has 0 unspecified atom stereocenters. The monoisotopic (exact) mass is 287 g/mol. The quantitative estimate of drug-likeness (QED) is 0.929. The molecule has 2 aromatic heterocycles. The molecule has 2 aromatic rings. The van der Waals surface area contributed by atoms with Gasteiger partial charge in [-0.25, -0.2) is 0 Å². The van der Waals surface area contributed by atoms with Crippen LogP contribution in [-0.4, -0.2) is 34.4 Å². The first-order valence-electron chi connectivity index (χ1n) is 7.06. The highest BCUT2D eigenvalue weighted by Crippen LogP contribution is 2.17. The van der Waals surface area contributed by atoms with Crippen molar-refractivity contribution in [2.75, 3.05) is 23.3 Å². The van der Waals surface area contributed by atoms with Crippen LogP contribution in [0.5, 0.6) is 0 Å². The molecule has 0 bridgehead atoms. The van der Waals surface area contributed by atoms with Crippen LogP contribution in [0.25, 0.3) is 0 Å². The molecule has 1 saturated heterocycles. The number of amides is 1. The summed E-state index contributed by atoms with van der Waals surface area (Å²) in [6.07, 6.45) is 3.62. The second-order valence-electron chi connectivity index (χ2n) is 5.11. The van der Waals surface area contributed by atoms with Gasteiger partial charge >= 0.3 is 0 Å². The predicted molar refractivity (Wildman–Crippen MR) is 77.3 cm³/mol. The van der Waals surface area contributed by atoms with Gasteiger partial charge in [-0.15, -0.1) is 10.2 Å². The number of carbonyl (C=O) groups excluding carboxylic acids is 1. The summed E-state index contributed by atoms with van der Waals surface area (Å²) in [5.41, 5.74) is 0.960. The Morgan fingerprint density at radius 2 is 2.05 bits per heavy atom. The van der Waals surface area contributed by atoms with E-state index in [0.717, 1.165) is 18.9 Å². The molecule has 1 amide bonds. The Kier molecular flexibility index (Phi) is 3.81. The zero-order valence-electron chi connectivity index (χ0n) is 11.9. The normalized spacial score (nSPS) is 15.0. The Morgan fingerprint density at radius 1 is 1.24 bits per heavy atom. The Labute approximate surface area is 122 Å². The number of nitrogens with one attached hydrogen (secondary N) is 1. The molecule has 21 heavy (non-hydrogen) atoms. The minimum absolute atomic E-state index is 0.254. The fraction of sp³-hybridized carbons (Fsp3) is 0.429. The van der Waals surface area contributed by atoms with Gasteiger partial charge in [-0.05, 0) is 38.3 Å². The molecule has 1 N–H and O–H groups in total.